The minimum Gasteiger partial charge on any atom is -0.477 e. The van der Waals surface area contributed by atoms with Crippen LogP contribution in [0.5, 0.6) is 5.75 Å². The van der Waals surface area contributed by atoms with E-state index in [1.165, 1.54) is 12.1 Å². The maximum Gasteiger partial charge on any atom is 0.310 e. The molecule has 0 bridgehead atoms. The second-order valence-electron chi connectivity index (χ2n) is 8.36. The molecular weight excluding hydrogens is 442 g/mol. The SMILES string of the molecule is O=C(COc1ccccc1[N+](=O)[O-])N1CCN(c2ccc([N+](=O)[O-])c(N3CCCCC3)c2)CC1. The van der Waals surface area contributed by atoms with E-state index in [2.05, 4.69) is 9.80 Å². The van der Waals surface area contributed by atoms with E-state index in [-0.39, 0.29) is 34.6 Å². The number of piperidine rings is 1. The van der Waals surface area contributed by atoms with Gasteiger partial charge in [0.2, 0.25) is 0 Å². The van der Waals surface area contributed by atoms with Gasteiger partial charge in [-0.3, -0.25) is 25.0 Å². The monoisotopic (exact) mass is 469 g/mol. The first-order chi connectivity index (χ1) is 16.4. The summed E-state index contributed by atoms with van der Waals surface area (Å²) in [6, 6.07) is 11.2. The Labute approximate surface area is 196 Å². The summed E-state index contributed by atoms with van der Waals surface area (Å²) < 4.78 is 5.43. The quantitative estimate of drug-likeness (QED) is 0.447. The third kappa shape index (κ3) is 5.19. The van der Waals surface area contributed by atoms with Gasteiger partial charge in [-0.15, -0.1) is 0 Å². The summed E-state index contributed by atoms with van der Waals surface area (Å²) in [7, 11) is 0. The van der Waals surface area contributed by atoms with Crippen LogP contribution in [0.15, 0.2) is 42.5 Å². The number of hydrogen-bond donors (Lipinski definition) is 0. The zero-order chi connectivity index (χ0) is 24.1. The molecule has 2 aliphatic rings. The minimum atomic E-state index is -0.541. The van der Waals surface area contributed by atoms with Gasteiger partial charge >= 0.3 is 5.69 Å². The lowest BCUT2D eigenvalue weighted by atomic mass is 10.1. The summed E-state index contributed by atoms with van der Waals surface area (Å²) in [5.41, 5.74) is 1.49. The number of nitro groups is 2. The summed E-state index contributed by atoms with van der Waals surface area (Å²) in [5, 5.41) is 22.7. The summed E-state index contributed by atoms with van der Waals surface area (Å²) in [6.45, 7) is 3.44. The van der Waals surface area contributed by atoms with Crippen LogP contribution in [0.3, 0.4) is 0 Å². The third-order valence-corrected chi connectivity index (χ3v) is 6.26. The third-order valence-electron chi connectivity index (χ3n) is 6.26. The molecule has 180 valence electrons. The van der Waals surface area contributed by atoms with Gasteiger partial charge in [-0.1, -0.05) is 12.1 Å². The number of para-hydroxylation sites is 2. The van der Waals surface area contributed by atoms with Crippen molar-refractivity contribution in [2.45, 2.75) is 19.3 Å². The molecule has 0 aromatic heterocycles. The number of rotatable bonds is 7. The highest BCUT2D eigenvalue weighted by atomic mass is 16.6. The van der Waals surface area contributed by atoms with E-state index in [9.17, 15) is 25.0 Å². The van der Waals surface area contributed by atoms with Crippen LogP contribution >= 0.6 is 0 Å². The number of carbonyl (C=O) groups excluding carboxylic acids is 1. The fourth-order valence-electron chi connectivity index (χ4n) is 4.43. The lowest BCUT2D eigenvalue weighted by molar-refractivity contribution is -0.385. The normalized spacial score (nSPS) is 16.3. The number of carbonyl (C=O) groups is 1. The number of hydrogen-bond acceptors (Lipinski definition) is 8. The summed E-state index contributed by atoms with van der Waals surface area (Å²) in [6.07, 6.45) is 3.19. The van der Waals surface area contributed by atoms with Crippen molar-refractivity contribution in [3.8, 4) is 5.75 Å². The van der Waals surface area contributed by atoms with Crippen LogP contribution in [0.1, 0.15) is 19.3 Å². The lowest BCUT2D eigenvalue weighted by Gasteiger charge is -2.36. The van der Waals surface area contributed by atoms with E-state index in [0.29, 0.717) is 31.9 Å². The fourth-order valence-corrected chi connectivity index (χ4v) is 4.43. The Bertz CT molecular complexity index is 1060. The van der Waals surface area contributed by atoms with Gasteiger partial charge < -0.3 is 19.4 Å². The van der Waals surface area contributed by atoms with Gasteiger partial charge in [-0.25, -0.2) is 0 Å². The fraction of sp³-hybridized carbons (Fsp3) is 0.435. The number of ether oxygens (including phenoxy) is 1. The molecule has 0 N–H and O–H groups in total. The van der Waals surface area contributed by atoms with E-state index in [1.807, 2.05) is 6.07 Å². The van der Waals surface area contributed by atoms with Crippen LogP contribution in [-0.4, -0.2) is 66.5 Å². The minimum absolute atomic E-state index is 0.0654. The van der Waals surface area contributed by atoms with Gasteiger partial charge in [0.15, 0.2) is 12.4 Å². The van der Waals surface area contributed by atoms with Crippen LogP contribution in [0.4, 0.5) is 22.7 Å². The Morgan fingerprint density at radius 3 is 2.18 bits per heavy atom. The first-order valence-corrected chi connectivity index (χ1v) is 11.4. The predicted molar refractivity (Wildman–Crippen MR) is 127 cm³/mol. The highest BCUT2D eigenvalue weighted by molar-refractivity contribution is 5.78. The molecule has 2 fully saturated rings. The molecule has 2 saturated heterocycles. The zero-order valence-corrected chi connectivity index (χ0v) is 18.8. The molecule has 2 aromatic carbocycles. The van der Waals surface area contributed by atoms with Crippen molar-refractivity contribution >= 4 is 28.7 Å². The number of nitrogens with zero attached hydrogens (tertiary/aromatic N) is 5. The molecule has 0 saturated carbocycles. The summed E-state index contributed by atoms with van der Waals surface area (Å²) in [4.78, 5) is 40.3. The van der Waals surface area contributed by atoms with Crippen molar-refractivity contribution in [2.24, 2.45) is 0 Å². The molecule has 11 nitrogen and oxygen atoms in total. The number of amides is 1. The first-order valence-electron chi connectivity index (χ1n) is 11.4. The number of piperazine rings is 1. The van der Waals surface area contributed by atoms with E-state index >= 15 is 0 Å². The molecule has 0 aliphatic carbocycles. The largest absolute Gasteiger partial charge is 0.477 e. The lowest BCUT2D eigenvalue weighted by Crippen LogP contribution is -2.50. The maximum absolute atomic E-state index is 12.6. The van der Waals surface area contributed by atoms with E-state index in [0.717, 1.165) is 38.0 Å². The molecule has 2 heterocycles. The van der Waals surface area contributed by atoms with E-state index < -0.39 is 4.92 Å². The molecule has 0 spiro atoms. The molecular formula is C23H27N5O6. The Morgan fingerprint density at radius 2 is 1.50 bits per heavy atom. The molecule has 4 rings (SSSR count). The number of benzene rings is 2. The van der Waals surface area contributed by atoms with Gasteiger partial charge in [0.1, 0.15) is 5.69 Å². The first kappa shape index (κ1) is 23.3. The van der Waals surface area contributed by atoms with Crippen LogP contribution in [-0.2, 0) is 4.79 Å². The van der Waals surface area contributed by atoms with Crippen molar-refractivity contribution in [3.05, 3.63) is 62.7 Å². The van der Waals surface area contributed by atoms with Crippen LogP contribution in [0.25, 0.3) is 0 Å². The van der Waals surface area contributed by atoms with Crippen LogP contribution in [0, 0.1) is 20.2 Å². The van der Waals surface area contributed by atoms with Gasteiger partial charge in [-0.05, 0) is 37.5 Å². The summed E-state index contributed by atoms with van der Waals surface area (Å²) >= 11 is 0. The van der Waals surface area contributed by atoms with E-state index in [4.69, 9.17) is 4.74 Å². The van der Waals surface area contributed by atoms with Crippen molar-refractivity contribution in [2.75, 3.05) is 55.7 Å². The number of nitro benzene ring substituents is 2. The Balaban J connectivity index is 1.37. The molecule has 0 unspecified atom stereocenters. The van der Waals surface area contributed by atoms with Crippen LogP contribution in [0.2, 0.25) is 0 Å². The average Bonchev–Trinajstić information content (AvgIpc) is 2.87. The standard InChI is InChI=1S/C23H27N5O6/c29-23(17-34-22-7-3-2-6-20(22)28(32)33)26-14-12-24(13-15-26)18-8-9-19(27(30)31)21(16-18)25-10-4-1-5-11-25/h2-3,6-9,16H,1,4-5,10-15,17H2. The topological polar surface area (TPSA) is 122 Å². The Kier molecular flexibility index (Phi) is 7.09. The van der Waals surface area contributed by atoms with Gasteiger partial charge in [0.25, 0.3) is 11.6 Å². The zero-order valence-electron chi connectivity index (χ0n) is 18.8. The van der Waals surface area contributed by atoms with Gasteiger partial charge in [0, 0.05) is 57.1 Å². The van der Waals surface area contributed by atoms with Gasteiger partial charge in [0.05, 0.1) is 9.85 Å². The summed E-state index contributed by atoms with van der Waals surface area (Å²) in [5.74, 6) is -0.175. The number of anilines is 2. The molecule has 11 heteroatoms. The van der Waals surface area contributed by atoms with Crippen molar-refractivity contribution in [1.29, 1.82) is 0 Å². The average molecular weight is 469 g/mol. The Morgan fingerprint density at radius 1 is 0.824 bits per heavy atom. The Hall–Kier alpha value is -3.89. The highest BCUT2D eigenvalue weighted by Gasteiger charge is 2.26. The highest BCUT2D eigenvalue weighted by Crippen LogP contribution is 2.34. The van der Waals surface area contributed by atoms with Gasteiger partial charge in [-0.2, -0.15) is 0 Å². The molecule has 0 radical (unpaired) electrons. The molecule has 2 aliphatic heterocycles. The maximum atomic E-state index is 12.6. The second kappa shape index (κ2) is 10.4. The van der Waals surface area contributed by atoms with Crippen molar-refractivity contribution in [3.63, 3.8) is 0 Å². The van der Waals surface area contributed by atoms with Crippen molar-refractivity contribution in [1.82, 2.24) is 4.90 Å². The molecule has 34 heavy (non-hydrogen) atoms. The smallest absolute Gasteiger partial charge is 0.310 e. The molecule has 2 aromatic rings. The van der Waals surface area contributed by atoms with Crippen LogP contribution < -0.4 is 14.5 Å². The van der Waals surface area contributed by atoms with Crippen molar-refractivity contribution < 1.29 is 19.4 Å². The van der Waals surface area contributed by atoms with E-state index in [1.54, 1.807) is 29.2 Å². The molecule has 0 atom stereocenters. The predicted octanol–water partition coefficient (Wildman–Crippen LogP) is 3.22. The molecule has 1 amide bonds. The second-order valence-corrected chi connectivity index (χ2v) is 8.36.